The Bertz CT molecular complexity index is 800. The highest BCUT2D eigenvalue weighted by atomic mass is 35.5. The second kappa shape index (κ2) is 6.16. The van der Waals surface area contributed by atoms with Gasteiger partial charge in [-0.3, -0.25) is 0 Å². The fourth-order valence-corrected chi connectivity index (χ4v) is 4.14. The van der Waals surface area contributed by atoms with Crippen molar-refractivity contribution in [2.45, 2.75) is 25.3 Å². The van der Waals surface area contributed by atoms with E-state index >= 15 is 0 Å². The van der Waals surface area contributed by atoms with Crippen molar-refractivity contribution in [1.29, 1.82) is 5.26 Å². The molecule has 4 nitrogen and oxygen atoms in total. The predicted octanol–water partition coefficient (Wildman–Crippen LogP) is 3.37. The van der Waals surface area contributed by atoms with Crippen LogP contribution in [0.5, 0.6) is 0 Å². The van der Waals surface area contributed by atoms with E-state index in [0.717, 1.165) is 10.4 Å². The van der Waals surface area contributed by atoms with Crippen molar-refractivity contribution in [2.75, 3.05) is 0 Å². The van der Waals surface area contributed by atoms with Gasteiger partial charge in [-0.15, -0.1) is 11.3 Å². The molecule has 110 valence electrons. The second-order valence-corrected chi connectivity index (χ2v) is 8.04. The molecule has 0 saturated carbocycles. The molecule has 0 aliphatic rings. The number of hydrogen-bond acceptors (Lipinski definition) is 4. The molecule has 2 aromatic rings. The molecule has 1 aromatic heterocycles. The molecule has 0 aliphatic carbocycles. The van der Waals surface area contributed by atoms with Crippen molar-refractivity contribution >= 4 is 33.0 Å². The summed E-state index contributed by atoms with van der Waals surface area (Å²) >= 11 is 7.43. The summed E-state index contributed by atoms with van der Waals surface area (Å²) in [6.45, 7) is 4.22. The van der Waals surface area contributed by atoms with E-state index in [1.54, 1.807) is 11.3 Å². The largest absolute Gasteiger partial charge is 0.240 e. The number of nitrogens with zero attached hydrogens (tertiary/aromatic N) is 1. The van der Waals surface area contributed by atoms with Gasteiger partial charge < -0.3 is 0 Å². The molecule has 1 aromatic carbocycles. The monoisotopic (exact) mass is 340 g/mol. The highest BCUT2D eigenvalue weighted by Gasteiger charge is 2.16. The Hall–Kier alpha value is -1.39. The summed E-state index contributed by atoms with van der Waals surface area (Å²) in [6.07, 6.45) is 0. The molecule has 0 aliphatic heterocycles. The first-order valence-corrected chi connectivity index (χ1v) is 8.76. The normalized spacial score (nSPS) is 11.3. The summed E-state index contributed by atoms with van der Waals surface area (Å²) in [5, 5.41) is 8.92. The van der Waals surface area contributed by atoms with Crippen molar-refractivity contribution in [3.8, 4) is 6.07 Å². The fraction of sp³-hybridized carbons (Fsp3) is 0.214. The van der Waals surface area contributed by atoms with Crippen LogP contribution in [0.1, 0.15) is 20.9 Å². The van der Waals surface area contributed by atoms with Gasteiger partial charge in [0.15, 0.2) is 0 Å². The summed E-state index contributed by atoms with van der Waals surface area (Å²) < 4.78 is 26.9. The number of rotatable bonds is 4. The van der Waals surface area contributed by atoms with Gasteiger partial charge in [0.05, 0.1) is 15.5 Å². The van der Waals surface area contributed by atoms with E-state index in [1.807, 2.05) is 26.0 Å². The van der Waals surface area contributed by atoms with Crippen LogP contribution in [-0.4, -0.2) is 8.42 Å². The Kier molecular flexibility index (Phi) is 4.69. The van der Waals surface area contributed by atoms with Gasteiger partial charge in [-0.2, -0.15) is 5.26 Å². The fourth-order valence-electron chi connectivity index (χ4n) is 1.74. The molecule has 0 radical (unpaired) electrons. The van der Waals surface area contributed by atoms with Gasteiger partial charge >= 0.3 is 0 Å². The number of benzene rings is 1. The summed E-state index contributed by atoms with van der Waals surface area (Å²) in [6, 6.07) is 7.92. The molecule has 0 amide bonds. The van der Waals surface area contributed by atoms with E-state index in [-0.39, 0.29) is 22.0 Å². The minimum atomic E-state index is -3.65. The summed E-state index contributed by atoms with van der Waals surface area (Å²) in [5.74, 6) is 0. The first-order chi connectivity index (χ1) is 9.83. The maximum Gasteiger partial charge on any atom is 0.240 e. The van der Waals surface area contributed by atoms with Gasteiger partial charge in [-0.05, 0) is 43.7 Å². The van der Waals surface area contributed by atoms with Gasteiger partial charge in [0.25, 0.3) is 0 Å². The van der Waals surface area contributed by atoms with Crippen LogP contribution in [0.2, 0.25) is 5.02 Å². The van der Waals surface area contributed by atoms with Crippen LogP contribution < -0.4 is 4.72 Å². The van der Waals surface area contributed by atoms with Crippen molar-refractivity contribution in [3.63, 3.8) is 0 Å². The van der Waals surface area contributed by atoms with E-state index < -0.39 is 10.0 Å². The molecular weight excluding hydrogens is 328 g/mol. The third kappa shape index (κ3) is 3.63. The van der Waals surface area contributed by atoms with Crippen LogP contribution in [0.3, 0.4) is 0 Å². The highest BCUT2D eigenvalue weighted by Crippen LogP contribution is 2.22. The molecule has 0 fully saturated rings. The average molecular weight is 341 g/mol. The quantitative estimate of drug-likeness (QED) is 0.927. The first-order valence-electron chi connectivity index (χ1n) is 6.08. The zero-order valence-corrected chi connectivity index (χ0v) is 13.9. The van der Waals surface area contributed by atoms with E-state index in [4.69, 9.17) is 16.9 Å². The lowest BCUT2D eigenvalue weighted by Gasteiger charge is -2.06. The van der Waals surface area contributed by atoms with E-state index in [0.29, 0.717) is 0 Å². The number of thiophene rings is 1. The zero-order chi connectivity index (χ0) is 15.6. The Balaban J connectivity index is 2.19. The van der Waals surface area contributed by atoms with Crippen LogP contribution in [0.4, 0.5) is 0 Å². The molecule has 2 rings (SSSR count). The van der Waals surface area contributed by atoms with Crippen LogP contribution in [0.15, 0.2) is 29.2 Å². The van der Waals surface area contributed by atoms with Gasteiger partial charge in [0.1, 0.15) is 6.07 Å². The lowest BCUT2D eigenvalue weighted by atomic mass is 10.2. The smallest absolute Gasteiger partial charge is 0.207 e. The lowest BCUT2D eigenvalue weighted by Crippen LogP contribution is -2.22. The van der Waals surface area contributed by atoms with Crippen molar-refractivity contribution < 1.29 is 8.42 Å². The Morgan fingerprint density at radius 3 is 2.57 bits per heavy atom. The van der Waals surface area contributed by atoms with Crippen molar-refractivity contribution in [3.05, 3.63) is 50.2 Å². The molecule has 1 heterocycles. The molecule has 1 N–H and O–H groups in total. The van der Waals surface area contributed by atoms with Gasteiger partial charge in [-0.25, -0.2) is 13.1 Å². The minimum Gasteiger partial charge on any atom is -0.207 e. The summed E-state index contributed by atoms with van der Waals surface area (Å²) in [4.78, 5) is 2.18. The van der Waals surface area contributed by atoms with Crippen molar-refractivity contribution in [1.82, 2.24) is 4.72 Å². The SMILES string of the molecule is Cc1cc(CNS(=O)(=O)c2ccc(C#N)c(Cl)c2)sc1C. The van der Waals surface area contributed by atoms with Gasteiger partial charge in [0, 0.05) is 16.3 Å². The lowest BCUT2D eigenvalue weighted by molar-refractivity contribution is 0.582. The number of aryl methyl sites for hydroxylation is 2. The molecule has 0 bridgehead atoms. The molecule has 0 unspecified atom stereocenters. The van der Waals surface area contributed by atoms with E-state index in [2.05, 4.69) is 4.72 Å². The maximum atomic E-state index is 12.2. The second-order valence-electron chi connectivity index (χ2n) is 4.53. The molecule has 0 spiro atoms. The zero-order valence-electron chi connectivity index (χ0n) is 11.5. The van der Waals surface area contributed by atoms with Gasteiger partial charge in [0.2, 0.25) is 10.0 Å². The molecule has 21 heavy (non-hydrogen) atoms. The third-order valence-corrected chi connectivity index (χ3v) is 5.89. The van der Waals surface area contributed by atoms with Crippen LogP contribution >= 0.6 is 22.9 Å². The number of nitrogens with one attached hydrogen (secondary N) is 1. The molecular formula is C14H13ClN2O2S2. The minimum absolute atomic E-state index is 0.0523. The Morgan fingerprint density at radius 2 is 2.05 bits per heavy atom. The topological polar surface area (TPSA) is 70.0 Å². The van der Waals surface area contributed by atoms with Crippen LogP contribution in [0, 0.1) is 25.2 Å². The first kappa shape index (κ1) is 16.0. The number of nitriles is 1. The molecule has 0 atom stereocenters. The molecule has 7 heteroatoms. The summed E-state index contributed by atoms with van der Waals surface area (Å²) in [7, 11) is -3.65. The number of halogens is 1. The maximum absolute atomic E-state index is 12.2. The summed E-state index contributed by atoms with van der Waals surface area (Å²) in [5.41, 5.74) is 1.40. The average Bonchev–Trinajstić information content (AvgIpc) is 2.76. The van der Waals surface area contributed by atoms with Gasteiger partial charge in [-0.1, -0.05) is 11.6 Å². The Labute approximate surface area is 133 Å². The Morgan fingerprint density at radius 1 is 1.33 bits per heavy atom. The standard InChI is InChI=1S/C14H13ClN2O2S2/c1-9-5-12(20-10(9)2)8-17-21(18,19)13-4-3-11(7-16)14(15)6-13/h3-6,17H,8H2,1-2H3. The van der Waals surface area contributed by atoms with Crippen LogP contribution in [-0.2, 0) is 16.6 Å². The predicted molar refractivity (Wildman–Crippen MR) is 84.0 cm³/mol. The molecule has 0 saturated heterocycles. The number of sulfonamides is 1. The highest BCUT2D eigenvalue weighted by molar-refractivity contribution is 7.89. The number of hydrogen-bond donors (Lipinski definition) is 1. The van der Waals surface area contributed by atoms with Crippen molar-refractivity contribution in [2.24, 2.45) is 0 Å². The van der Waals surface area contributed by atoms with E-state index in [1.165, 1.54) is 23.1 Å². The van der Waals surface area contributed by atoms with Crippen LogP contribution in [0.25, 0.3) is 0 Å². The third-order valence-electron chi connectivity index (χ3n) is 3.02. The van der Waals surface area contributed by atoms with E-state index in [9.17, 15) is 8.42 Å².